The van der Waals surface area contributed by atoms with Crippen molar-refractivity contribution in [2.45, 2.75) is 20.4 Å². The number of aryl methyl sites for hydroxylation is 2. The molecule has 0 aliphatic heterocycles. The molecule has 0 radical (unpaired) electrons. The molecule has 0 fully saturated rings. The highest BCUT2D eigenvalue weighted by Gasteiger charge is 2.14. The van der Waals surface area contributed by atoms with E-state index >= 15 is 0 Å². The predicted octanol–water partition coefficient (Wildman–Crippen LogP) is 4.29. The van der Waals surface area contributed by atoms with Crippen LogP contribution < -0.4 is 5.32 Å². The minimum absolute atomic E-state index is 0.0640. The number of phenolic OH excluding ortho intramolecular Hbond substituents is 1. The zero-order chi connectivity index (χ0) is 15.6. The number of nitro groups is 1. The molecule has 0 aliphatic rings. The summed E-state index contributed by atoms with van der Waals surface area (Å²) in [5.41, 5.74) is 2.81. The van der Waals surface area contributed by atoms with E-state index in [-0.39, 0.29) is 11.4 Å². The molecule has 21 heavy (non-hydrogen) atoms. The van der Waals surface area contributed by atoms with E-state index in [4.69, 9.17) is 0 Å². The quantitative estimate of drug-likeness (QED) is 0.636. The van der Waals surface area contributed by atoms with Gasteiger partial charge >= 0.3 is 0 Å². The Balaban J connectivity index is 2.26. The zero-order valence-corrected chi connectivity index (χ0v) is 13.3. The average Bonchev–Trinajstić information content (AvgIpc) is 2.41. The lowest BCUT2D eigenvalue weighted by atomic mass is 10.1. The molecule has 6 heteroatoms. The Hall–Kier alpha value is -2.08. The summed E-state index contributed by atoms with van der Waals surface area (Å²) >= 11 is 3.39. The largest absolute Gasteiger partial charge is 0.507 e. The number of hydrogen-bond donors (Lipinski definition) is 2. The summed E-state index contributed by atoms with van der Waals surface area (Å²) in [5.74, 6) is 0.239. The molecule has 0 spiro atoms. The van der Waals surface area contributed by atoms with Crippen LogP contribution in [0.3, 0.4) is 0 Å². The van der Waals surface area contributed by atoms with Crippen molar-refractivity contribution < 1.29 is 10.0 Å². The molecule has 2 aromatic rings. The van der Waals surface area contributed by atoms with Crippen molar-refractivity contribution in [3.8, 4) is 5.75 Å². The third-order valence-electron chi connectivity index (χ3n) is 3.27. The van der Waals surface area contributed by atoms with Gasteiger partial charge < -0.3 is 10.4 Å². The standard InChI is InChI=1S/C15H15BrN2O3/c1-9-4-3-5-11(15(9)19)8-17-13-7-14(18(20)21)10(2)6-12(13)16/h3-7,17,19H,8H2,1-2H3. The van der Waals surface area contributed by atoms with Crippen LogP contribution in [0.1, 0.15) is 16.7 Å². The maximum atomic E-state index is 11.0. The first-order valence-electron chi connectivity index (χ1n) is 6.36. The van der Waals surface area contributed by atoms with Crippen molar-refractivity contribution in [1.82, 2.24) is 0 Å². The fourth-order valence-corrected chi connectivity index (χ4v) is 2.64. The fraction of sp³-hybridized carbons (Fsp3) is 0.200. The number of benzene rings is 2. The molecule has 110 valence electrons. The van der Waals surface area contributed by atoms with Gasteiger partial charge in [0.1, 0.15) is 5.75 Å². The van der Waals surface area contributed by atoms with Crippen LogP contribution in [0.15, 0.2) is 34.8 Å². The lowest BCUT2D eigenvalue weighted by Crippen LogP contribution is -2.02. The lowest BCUT2D eigenvalue weighted by molar-refractivity contribution is -0.385. The summed E-state index contributed by atoms with van der Waals surface area (Å²) in [5, 5.41) is 24.1. The van der Waals surface area contributed by atoms with Gasteiger partial charge in [-0.1, -0.05) is 18.2 Å². The molecular weight excluding hydrogens is 336 g/mol. The van der Waals surface area contributed by atoms with E-state index in [9.17, 15) is 15.2 Å². The highest BCUT2D eigenvalue weighted by molar-refractivity contribution is 9.10. The van der Waals surface area contributed by atoms with Gasteiger partial charge in [-0.3, -0.25) is 10.1 Å². The number of aromatic hydroxyl groups is 1. The minimum atomic E-state index is -0.406. The molecule has 0 aliphatic carbocycles. The van der Waals surface area contributed by atoms with Gasteiger partial charge in [-0.15, -0.1) is 0 Å². The first-order chi connectivity index (χ1) is 9.90. The third kappa shape index (κ3) is 3.33. The Morgan fingerprint density at radius 3 is 2.67 bits per heavy atom. The van der Waals surface area contributed by atoms with E-state index in [1.807, 2.05) is 25.1 Å². The van der Waals surface area contributed by atoms with Gasteiger partial charge in [0.05, 0.1) is 10.6 Å². The summed E-state index contributed by atoms with van der Waals surface area (Å²) in [7, 11) is 0. The normalized spacial score (nSPS) is 10.4. The van der Waals surface area contributed by atoms with E-state index in [0.29, 0.717) is 17.8 Å². The highest BCUT2D eigenvalue weighted by atomic mass is 79.9. The second kappa shape index (κ2) is 6.13. The Morgan fingerprint density at radius 2 is 2.00 bits per heavy atom. The van der Waals surface area contributed by atoms with Crippen molar-refractivity contribution in [1.29, 1.82) is 0 Å². The Labute approximate surface area is 130 Å². The number of nitrogens with zero attached hydrogens (tertiary/aromatic N) is 1. The van der Waals surface area contributed by atoms with Gasteiger partial charge in [-0.2, -0.15) is 0 Å². The van der Waals surface area contributed by atoms with Gasteiger partial charge in [0.25, 0.3) is 5.69 Å². The molecule has 0 heterocycles. The Morgan fingerprint density at radius 1 is 1.29 bits per heavy atom. The third-order valence-corrected chi connectivity index (χ3v) is 3.93. The van der Waals surface area contributed by atoms with Crippen molar-refractivity contribution in [3.63, 3.8) is 0 Å². The van der Waals surface area contributed by atoms with Gasteiger partial charge in [0, 0.05) is 28.2 Å². The van der Waals surface area contributed by atoms with Gasteiger partial charge in [0.2, 0.25) is 0 Å². The van der Waals surface area contributed by atoms with E-state index in [0.717, 1.165) is 15.6 Å². The second-order valence-electron chi connectivity index (χ2n) is 4.81. The molecule has 0 saturated carbocycles. The maximum Gasteiger partial charge on any atom is 0.274 e. The number of halogens is 1. The smallest absolute Gasteiger partial charge is 0.274 e. The molecule has 0 saturated heterocycles. The minimum Gasteiger partial charge on any atom is -0.507 e. The topological polar surface area (TPSA) is 75.4 Å². The van der Waals surface area contributed by atoms with Gasteiger partial charge in [-0.25, -0.2) is 0 Å². The molecule has 5 nitrogen and oxygen atoms in total. The average molecular weight is 351 g/mol. The fourth-order valence-electron chi connectivity index (χ4n) is 2.05. The van der Waals surface area contributed by atoms with Crippen molar-refractivity contribution in [3.05, 3.63) is 61.6 Å². The molecule has 0 aromatic heterocycles. The summed E-state index contributed by atoms with van der Waals surface area (Å²) < 4.78 is 0.748. The Bertz CT molecular complexity index is 702. The van der Waals surface area contributed by atoms with Crippen LogP contribution in [0.2, 0.25) is 0 Å². The number of rotatable bonds is 4. The molecular formula is C15H15BrN2O3. The van der Waals surface area contributed by atoms with Gasteiger partial charge in [-0.05, 0) is 41.4 Å². The molecule has 0 amide bonds. The first-order valence-corrected chi connectivity index (χ1v) is 7.15. The predicted molar refractivity (Wildman–Crippen MR) is 85.7 cm³/mol. The van der Waals surface area contributed by atoms with Crippen LogP contribution in [0.5, 0.6) is 5.75 Å². The molecule has 0 bridgehead atoms. The van der Waals surface area contributed by atoms with Crippen molar-refractivity contribution in [2.24, 2.45) is 0 Å². The molecule has 2 N–H and O–H groups in total. The van der Waals surface area contributed by atoms with Crippen LogP contribution in [-0.4, -0.2) is 10.0 Å². The number of hydrogen-bond acceptors (Lipinski definition) is 4. The van der Waals surface area contributed by atoms with Crippen LogP contribution in [0, 0.1) is 24.0 Å². The first kappa shape index (κ1) is 15.3. The molecule has 0 unspecified atom stereocenters. The molecule has 0 atom stereocenters. The monoisotopic (exact) mass is 350 g/mol. The van der Waals surface area contributed by atoms with Crippen molar-refractivity contribution in [2.75, 3.05) is 5.32 Å². The van der Waals surface area contributed by atoms with Crippen molar-refractivity contribution >= 4 is 27.3 Å². The summed E-state index contributed by atoms with van der Waals surface area (Å²) in [6.45, 7) is 3.90. The van der Waals surface area contributed by atoms with Crippen LogP contribution in [0.25, 0.3) is 0 Å². The van der Waals surface area contributed by atoms with E-state index in [1.54, 1.807) is 13.0 Å². The molecule has 2 aromatic carbocycles. The summed E-state index contributed by atoms with van der Waals surface area (Å²) in [4.78, 5) is 10.6. The maximum absolute atomic E-state index is 11.0. The number of phenols is 1. The van der Waals surface area contributed by atoms with Crippen LogP contribution in [0.4, 0.5) is 11.4 Å². The summed E-state index contributed by atoms with van der Waals surface area (Å²) in [6.07, 6.45) is 0. The van der Waals surface area contributed by atoms with E-state index < -0.39 is 4.92 Å². The van der Waals surface area contributed by atoms with E-state index in [1.165, 1.54) is 6.07 Å². The SMILES string of the molecule is Cc1cc(Br)c(NCc2cccc(C)c2O)cc1[N+](=O)[O-]. The number of nitrogens with one attached hydrogen (secondary N) is 1. The number of para-hydroxylation sites is 1. The van der Waals surface area contributed by atoms with Crippen LogP contribution in [-0.2, 0) is 6.54 Å². The van der Waals surface area contributed by atoms with Gasteiger partial charge in [0.15, 0.2) is 0 Å². The van der Waals surface area contributed by atoms with E-state index in [2.05, 4.69) is 21.2 Å². The number of nitro benzene ring substituents is 1. The lowest BCUT2D eigenvalue weighted by Gasteiger charge is -2.12. The highest BCUT2D eigenvalue weighted by Crippen LogP contribution is 2.31. The zero-order valence-electron chi connectivity index (χ0n) is 11.7. The second-order valence-corrected chi connectivity index (χ2v) is 5.67. The molecule has 2 rings (SSSR count). The Kier molecular flexibility index (Phi) is 4.47. The number of anilines is 1. The summed E-state index contributed by atoms with van der Waals surface area (Å²) in [6, 6.07) is 8.69. The van der Waals surface area contributed by atoms with Crippen LogP contribution >= 0.6 is 15.9 Å².